The van der Waals surface area contributed by atoms with Crippen LogP contribution in [0.15, 0.2) is 18.2 Å². The molecule has 0 saturated heterocycles. The SMILES string of the molecule is CCc1nc(-c2ccc(Cl)cc2C)sc1N. The van der Waals surface area contributed by atoms with E-state index in [4.69, 9.17) is 17.3 Å². The molecule has 0 radical (unpaired) electrons. The summed E-state index contributed by atoms with van der Waals surface area (Å²) in [5.41, 5.74) is 9.12. The van der Waals surface area contributed by atoms with Crippen LogP contribution >= 0.6 is 22.9 Å². The van der Waals surface area contributed by atoms with Crippen LogP contribution in [0.25, 0.3) is 10.6 Å². The number of nitrogens with zero attached hydrogens (tertiary/aromatic N) is 1. The molecule has 1 aromatic carbocycles. The minimum Gasteiger partial charge on any atom is -0.389 e. The van der Waals surface area contributed by atoms with E-state index in [1.54, 1.807) is 0 Å². The molecule has 0 saturated carbocycles. The van der Waals surface area contributed by atoms with Crippen molar-refractivity contribution in [3.8, 4) is 10.6 Å². The first-order chi connectivity index (χ1) is 7.61. The molecule has 4 heteroatoms. The van der Waals surface area contributed by atoms with Gasteiger partial charge in [0.1, 0.15) is 10.0 Å². The Morgan fingerprint density at radius 1 is 1.44 bits per heavy atom. The third-order valence-corrected chi connectivity index (χ3v) is 3.68. The van der Waals surface area contributed by atoms with E-state index >= 15 is 0 Å². The summed E-state index contributed by atoms with van der Waals surface area (Å²) in [6.07, 6.45) is 0.870. The van der Waals surface area contributed by atoms with Crippen molar-refractivity contribution >= 4 is 27.9 Å². The Hall–Kier alpha value is -1.06. The van der Waals surface area contributed by atoms with Crippen molar-refractivity contribution in [2.45, 2.75) is 20.3 Å². The van der Waals surface area contributed by atoms with Gasteiger partial charge in [0.15, 0.2) is 0 Å². The Morgan fingerprint density at radius 3 is 2.75 bits per heavy atom. The van der Waals surface area contributed by atoms with Gasteiger partial charge in [-0.15, -0.1) is 0 Å². The third-order valence-electron chi connectivity index (χ3n) is 2.48. The summed E-state index contributed by atoms with van der Waals surface area (Å²) in [4.78, 5) is 4.54. The summed E-state index contributed by atoms with van der Waals surface area (Å²) in [5, 5.41) is 2.54. The summed E-state index contributed by atoms with van der Waals surface area (Å²) in [6.45, 7) is 4.09. The van der Waals surface area contributed by atoms with E-state index in [1.807, 2.05) is 25.1 Å². The zero-order valence-corrected chi connectivity index (χ0v) is 10.8. The molecule has 1 heterocycles. The van der Waals surface area contributed by atoms with E-state index in [1.165, 1.54) is 11.3 Å². The number of thiazole rings is 1. The molecule has 0 atom stereocenters. The lowest BCUT2D eigenvalue weighted by molar-refractivity contribution is 1.07. The zero-order chi connectivity index (χ0) is 11.7. The highest BCUT2D eigenvalue weighted by Gasteiger charge is 2.10. The molecule has 0 aliphatic heterocycles. The monoisotopic (exact) mass is 252 g/mol. The maximum absolute atomic E-state index is 5.93. The fraction of sp³-hybridized carbons (Fsp3) is 0.250. The number of anilines is 1. The topological polar surface area (TPSA) is 38.9 Å². The highest BCUT2D eigenvalue weighted by atomic mass is 35.5. The van der Waals surface area contributed by atoms with Crippen LogP contribution in [0.3, 0.4) is 0 Å². The van der Waals surface area contributed by atoms with E-state index < -0.39 is 0 Å². The molecule has 0 fully saturated rings. The predicted molar refractivity (Wildman–Crippen MR) is 71.1 cm³/mol. The van der Waals surface area contributed by atoms with E-state index in [2.05, 4.69) is 11.9 Å². The van der Waals surface area contributed by atoms with Crippen molar-refractivity contribution in [2.75, 3.05) is 5.73 Å². The molecule has 0 unspecified atom stereocenters. The molecule has 2 N–H and O–H groups in total. The Bertz CT molecular complexity index is 520. The van der Waals surface area contributed by atoms with Crippen LogP contribution in [-0.4, -0.2) is 4.98 Å². The average Bonchev–Trinajstić information content (AvgIpc) is 2.59. The number of aromatic nitrogens is 1. The predicted octanol–water partition coefficient (Wildman–Crippen LogP) is 3.92. The van der Waals surface area contributed by atoms with Gasteiger partial charge in [-0.3, -0.25) is 0 Å². The van der Waals surface area contributed by atoms with Crippen LogP contribution in [0.1, 0.15) is 18.2 Å². The number of benzene rings is 1. The molecular weight excluding hydrogens is 240 g/mol. The van der Waals surface area contributed by atoms with Crippen molar-refractivity contribution < 1.29 is 0 Å². The number of halogens is 1. The smallest absolute Gasteiger partial charge is 0.125 e. The third kappa shape index (κ3) is 2.06. The van der Waals surface area contributed by atoms with Gasteiger partial charge in [-0.2, -0.15) is 0 Å². The Balaban J connectivity index is 2.50. The molecule has 84 valence electrons. The highest BCUT2D eigenvalue weighted by Crippen LogP contribution is 2.33. The second kappa shape index (κ2) is 4.44. The van der Waals surface area contributed by atoms with E-state index in [0.717, 1.165) is 38.3 Å². The van der Waals surface area contributed by atoms with Crippen molar-refractivity contribution in [1.29, 1.82) is 0 Å². The Kier molecular flexibility index (Phi) is 3.17. The van der Waals surface area contributed by atoms with Crippen LogP contribution in [-0.2, 0) is 6.42 Å². The van der Waals surface area contributed by atoms with Crippen LogP contribution < -0.4 is 5.73 Å². The highest BCUT2D eigenvalue weighted by molar-refractivity contribution is 7.18. The van der Waals surface area contributed by atoms with Gasteiger partial charge in [-0.1, -0.05) is 35.9 Å². The number of hydrogen-bond acceptors (Lipinski definition) is 3. The van der Waals surface area contributed by atoms with E-state index in [0.29, 0.717) is 0 Å². The van der Waals surface area contributed by atoms with Crippen molar-refractivity contribution in [3.05, 3.63) is 34.5 Å². The molecule has 16 heavy (non-hydrogen) atoms. The maximum Gasteiger partial charge on any atom is 0.125 e. The van der Waals surface area contributed by atoms with Gasteiger partial charge in [0.2, 0.25) is 0 Å². The summed E-state index contributed by atoms with van der Waals surface area (Å²) in [6, 6.07) is 5.82. The number of rotatable bonds is 2. The zero-order valence-electron chi connectivity index (χ0n) is 9.25. The lowest BCUT2D eigenvalue weighted by Crippen LogP contribution is -1.88. The molecule has 0 aliphatic carbocycles. The van der Waals surface area contributed by atoms with E-state index in [9.17, 15) is 0 Å². The molecule has 1 aromatic heterocycles. The minimum atomic E-state index is 0.751. The number of nitrogens with two attached hydrogens (primary N) is 1. The van der Waals surface area contributed by atoms with Crippen molar-refractivity contribution in [2.24, 2.45) is 0 Å². The molecule has 0 bridgehead atoms. The van der Waals surface area contributed by atoms with Gasteiger partial charge < -0.3 is 5.73 Å². The second-order valence-electron chi connectivity index (χ2n) is 3.64. The van der Waals surface area contributed by atoms with Crippen LogP contribution in [0.2, 0.25) is 5.02 Å². The summed E-state index contributed by atoms with van der Waals surface area (Å²) in [7, 11) is 0. The van der Waals surface area contributed by atoms with Gasteiger partial charge in [-0.25, -0.2) is 4.98 Å². The molecule has 2 aromatic rings. The average molecular weight is 253 g/mol. The first-order valence-corrected chi connectivity index (χ1v) is 6.33. The molecule has 0 amide bonds. The molecule has 2 nitrogen and oxygen atoms in total. The minimum absolute atomic E-state index is 0.751. The van der Waals surface area contributed by atoms with Crippen LogP contribution in [0.4, 0.5) is 5.00 Å². The van der Waals surface area contributed by atoms with Crippen LogP contribution in [0.5, 0.6) is 0 Å². The lowest BCUT2D eigenvalue weighted by Gasteiger charge is -2.01. The van der Waals surface area contributed by atoms with Gasteiger partial charge in [0.05, 0.1) is 5.69 Å². The second-order valence-corrected chi connectivity index (χ2v) is 5.11. The number of aryl methyl sites for hydroxylation is 2. The number of nitrogen functional groups attached to an aromatic ring is 1. The molecule has 0 aliphatic rings. The fourth-order valence-electron chi connectivity index (χ4n) is 1.60. The quantitative estimate of drug-likeness (QED) is 0.880. The Labute approximate surface area is 104 Å². The fourth-order valence-corrected chi connectivity index (χ4v) is 2.84. The lowest BCUT2D eigenvalue weighted by atomic mass is 10.1. The molecular formula is C12H13ClN2S. The maximum atomic E-state index is 5.93. The Morgan fingerprint density at radius 2 is 2.19 bits per heavy atom. The summed E-state index contributed by atoms with van der Waals surface area (Å²) < 4.78 is 0. The van der Waals surface area contributed by atoms with Gasteiger partial charge in [0.25, 0.3) is 0 Å². The van der Waals surface area contributed by atoms with Gasteiger partial charge in [0, 0.05) is 10.6 Å². The molecule has 0 spiro atoms. The number of hydrogen-bond donors (Lipinski definition) is 1. The standard InChI is InChI=1S/C12H13ClN2S/c1-3-10-11(14)16-12(15-10)9-5-4-8(13)6-7(9)2/h4-6H,3,14H2,1-2H3. The van der Waals surface area contributed by atoms with Crippen molar-refractivity contribution in [1.82, 2.24) is 4.98 Å². The first-order valence-electron chi connectivity index (χ1n) is 5.13. The van der Waals surface area contributed by atoms with Crippen LogP contribution in [0, 0.1) is 6.92 Å². The normalized spacial score (nSPS) is 10.7. The summed E-state index contributed by atoms with van der Waals surface area (Å²) >= 11 is 7.46. The van der Waals surface area contributed by atoms with E-state index in [-0.39, 0.29) is 0 Å². The largest absolute Gasteiger partial charge is 0.389 e. The van der Waals surface area contributed by atoms with Gasteiger partial charge >= 0.3 is 0 Å². The summed E-state index contributed by atoms with van der Waals surface area (Å²) in [5.74, 6) is 0. The van der Waals surface area contributed by atoms with Gasteiger partial charge in [-0.05, 0) is 31.0 Å². The first kappa shape index (κ1) is 11.4. The molecule has 2 rings (SSSR count). The van der Waals surface area contributed by atoms with Crippen molar-refractivity contribution in [3.63, 3.8) is 0 Å².